The van der Waals surface area contributed by atoms with Gasteiger partial charge >= 0.3 is 83.6 Å². The van der Waals surface area contributed by atoms with Crippen LogP contribution in [0.4, 0.5) is 3.50 Å². The summed E-state index contributed by atoms with van der Waals surface area (Å²) >= 11 is -2.94. The Morgan fingerprint density at radius 2 is 1.05 bits per heavy atom. The molecule has 0 amide bonds. The molecule has 0 atom stereocenters. The van der Waals surface area contributed by atoms with Gasteiger partial charge in [-0.2, -0.15) is 40.8 Å². The summed E-state index contributed by atoms with van der Waals surface area (Å²) in [5, 5.41) is 11.2. The van der Waals surface area contributed by atoms with E-state index < -0.39 is 13.7 Å². The van der Waals surface area contributed by atoms with Gasteiger partial charge in [-0.25, -0.2) is 0 Å². The molecule has 0 heterocycles. The fourth-order valence-corrected chi connectivity index (χ4v) is 2.84. The second kappa shape index (κ2) is 23.8. The van der Waals surface area contributed by atoms with E-state index in [1.54, 1.807) is 32.7 Å². The molecule has 0 N–H and O–H groups in total. The van der Waals surface area contributed by atoms with Gasteiger partial charge in [-0.3, -0.25) is 0 Å². The molecule has 128 valence electrons. The summed E-state index contributed by atoms with van der Waals surface area (Å²) in [4.78, 5) is 0. The molecule has 1 aromatic rings. The van der Waals surface area contributed by atoms with Crippen molar-refractivity contribution in [2.24, 2.45) is 0 Å². The fraction of sp³-hybridized carbons (Fsp3) is 0.688. The van der Waals surface area contributed by atoms with E-state index in [0.29, 0.717) is 0 Å². The molecule has 1 rings (SSSR count). The predicted octanol–water partition coefficient (Wildman–Crippen LogP) is 4.81. The molecule has 0 saturated heterocycles. The van der Waals surface area contributed by atoms with Gasteiger partial charge < -0.3 is 16.0 Å². The first-order chi connectivity index (χ1) is 9.85. The molecule has 3 nitrogen and oxygen atoms in total. The zero-order valence-electron chi connectivity index (χ0n) is 15.7. The molecule has 0 aliphatic heterocycles. The van der Waals surface area contributed by atoms with Crippen molar-refractivity contribution in [1.29, 1.82) is 0 Å². The third-order valence-electron chi connectivity index (χ3n) is 2.30. The normalized spacial score (nSPS) is 8.95. The maximum absolute atomic E-state index is 13.1. The summed E-state index contributed by atoms with van der Waals surface area (Å²) in [6.45, 7) is 8.88. The zero-order chi connectivity index (χ0) is 17.1. The van der Waals surface area contributed by atoms with Crippen molar-refractivity contribution in [3.8, 4) is 0 Å². The van der Waals surface area contributed by atoms with Crippen molar-refractivity contribution in [3.05, 3.63) is 40.2 Å². The van der Waals surface area contributed by atoms with Crippen molar-refractivity contribution in [2.45, 2.75) is 32.3 Å². The summed E-state index contributed by atoms with van der Waals surface area (Å²) in [5.41, 5.74) is 0. The summed E-state index contributed by atoms with van der Waals surface area (Å²) < 4.78 is 14.1. The van der Waals surface area contributed by atoms with Crippen molar-refractivity contribution in [2.75, 3.05) is 40.8 Å². The van der Waals surface area contributed by atoms with Crippen molar-refractivity contribution in [3.63, 3.8) is 0 Å². The van der Waals surface area contributed by atoms with E-state index >= 15 is 0 Å². The van der Waals surface area contributed by atoms with E-state index in [2.05, 4.69) is 16.0 Å². The number of hydrogen-bond acceptors (Lipinski definition) is 0. The molecule has 0 aliphatic carbocycles. The largest absolute Gasteiger partial charge is 4.00 e. The third-order valence-corrected chi connectivity index (χ3v) is 5.88. The van der Waals surface area contributed by atoms with E-state index in [1.165, 1.54) is 0 Å². The minimum absolute atomic E-state index is 0. The molecular weight excluding hydrogens is 417 g/mol. The monoisotopic (exact) mass is 451 g/mol. The maximum Gasteiger partial charge on any atom is 4.00 e. The third kappa shape index (κ3) is 28.7. The van der Waals surface area contributed by atoms with E-state index in [1.807, 2.05) is 45.0 Å². The molecule has 0 fully saturated rings. The second-order valence-corrected chi connectivity index (χ2v) is 11.9. The predicted molar refractivity (Wildman–Crippen MR) is 99.7 cm³/mol. The van der Waals surface area contributed by atoms with E-state index in [4.69, 9.17) is 0 Å². The SMILES string of the molecule is CC[N-]C.CC[N-]C.CC[N-]C.[CH3][Ge]([CH3])([F])[c-]1cccc1.[Zr+4]. The Labute approximate surface area is 160 Å². The average molecular weight is 451 g/mol. The Morgan fingerprint density at radius 1 is 0.818 bits per heavy atom. The van der Waals surface area contributed by atoms with Gasteiger partial charge in [-0.05, 0) is 0 Å². The molecular formula is C16H34FGeN3Zr. The number of hydrogen-bond donors (Lipinski definition) is 0. The number of nitrogens with zero attached hydrogens (tertiary/aromatic N) is 3. The second-order valence-electron chi connectivity index (χ2n) is 4.54. The Hall–Kier alpha value is 0.586. The van der Waals surface area contributed by atoms with Crippen LogP contribution in [0.3, 0.4) is 0 Å². The van der Waals surface area contributed by atoms with E-state index in [-0.39, 0.29) is 26.2 Å². The van der Waals surface area contributed by atoms with Gasteiger partial charge in [0, 0.05) is 0 Å². The Kier molecular flexibility index (Phi) is 33.0. The molecule has 22 heavy (non-hydrogen) atoms. The van der Waals surface area contributed by atoms with Crippen LogP contribution in [0.5, 0.6) is 0 Å². The van der Waals surface area contributed by atoms with Gasteiger partial charge in [0.15, 0.2) is 0 Å². The standard InChI is InChI=1S/C7H10FGe.3C3H8N.Zr/c1-9(2,8)7-5-3-4-6-7;3*1-3-4-2;/h3-6H,1-2H3;3*3H2,1-2H3;/q4*-1;+4. The first kappa shape index (κ1) is 30.5. The molecule has 0 radical (unpaired) electrons. The van der Waals surface area contributed by atoms with Crippen molar-refractivity contribution in [1.82, 2.24) is 0 Å². The van der Waals surface area contributed by atoms with Crippen molar-refractivity contribution < 1.29 is 29.7 Å². The van der Waals surface area contributed by atoms with Gasteiger partial charge in [-0.15, -0.1) is 0 Å². The smallest absolute Gasteiger partial charge is 4.00 e. The molecule has 0 saturated carbocycles. The average Bonchev–Trinajstić information content (AvgIpc) is 3.02. The minimum atomic E-state index is -2.94. The van der Waals surface area contributed by atoms with Gasteiger partial charge in [0.1, 0.15) is 0 Å². The summed E-state index contributed by atoms with van der Waals surface area (Å²) in [7, 11) is 5.42. The van der Waals surface area contributed by atoms with Crippen LogP contribution in [0.15, 0.2) is 24.3 Å². The fourth-order valence-electron chi connectivity index (χ4n) is 0.770. The van der Waals surface area contributed by atoms with Crippen LogP contribution >= 0.6 is 0 Å². The number of halogens is 1. The molecule has 6 heteroatoms. The van der Waals surface area contributed by atoms with Crippen LogP contribution in [-0.2, 0) is 26.2 Å². The van der Waals surface area contributed by atoms with Crippen LogP contribution in [0.25, 0.3) is 16.0 Å². The molecule has 0 aliphatic rings. The first-order valence-electron chi connectivity index (χ1n) is 7.43. The number of rotatable bonds is 4. The Bertz CT molecular complexity index is 249. The first-order valence-corrected chi connectivity index (χ1v) is 13.5. The van der Waals surface area contributed by atoms with Gasteiger partial charge in [-0.1, -0.05) is 20.8 Å². The summed E-state index contributed by atoms with van der Waals surface area (Å²) in [6.07, 6.45) is 0. The minimum Gasteiger partial charge on any atom is 4.00 e. The van der Waals surface area contributed by atoms with Crippen LogP contribution in [0, 0.1) is 0 Å². The van der Waals surface area contributed by atoms with Gasteiger partial charge in [0.2, 0.25) is 0 Å². The quantitative estimate of drug-likeness (QED) is 0.466. The van der Waals surface area contributed by atoms with Crippen LogP contribution in [0.2, 0.25) is 11.5 Å². The molecule has 0 unspecified atom stereocenters. The maximum atomic E-state index is 13.1. The molecule has 1 aromatic carbocycles. The van der Waals surface area contributed by atoms with E-state index in [0.717, 1.165) is 24.0 Å². The molecule has 0 spiro atoms. The Balaban J connectivity index is -0.000000107. The van der Waals surface area contributed by atoms with Crippen LogP contribution in [-0.4, -0.2) is 54.5 Å². The van der Waals surface area contributed by atoms with Crippen LogP contribution < -0.4 is 4.40 Å². The van der Waals surface area contributed by atoms with Crippen molar-refractivity contribution >= 4 is 18.1 Å². The Morgan fingerprint density at radius 3 is 1.14 bits per heavy atom. The van der Waals surface area contributed by atoms with Gasteiger partial charge in [0.05, 0.1) is 0 Å². The van der Waals surface area contributed by atoms with Gasteiger partial charge in [0.25, 0.3) is 0 Å². The summed E-state index contributed by atoms with van der Waals surface area (Å²) in [6, 6.07) is 7.53. The molecule has 0 bridgehead atoms. The molecule has 0 aromatic heterocycles. The van der Waals surface area contributed by atoms with Crippen LogP contribution in [0.1, 0.15) is 20.8 Å². The summed E-state index contributed by atoms with van der Waals surface area (Å²) in [5.74, 6) is 3.49. The van der Waals surface area contributed by atoms with E-state index in [9.17, 15) is 3.50 Å². The zero-order valence-corrected chi connectivity index (χ0v) is 20.2. The topological polar surface area (TPSA) is 42.3 Å².